The molecule has 0 saturated carbocycles. The monoisotopic (exact) mass is 440 g/mol. The lowest BCUT2D eigenvalue weighted by Gasteiger charge is -2.36. The Kier molecular flexibility index (Phi) is 9.90. The van der Waals surface area contributed by atoms with Gasteiger partial charge < -0.3 is 24.6 Å². The fourth-order valence-corrected chi connectivity index (χ4v) is 2.91. The van der Waals surface area contributed by atoms with Crippen LogP contribution in [-0.4, -0.2) is 77.9 Å². The highest BCUT2D eigenvalue weighted by Gasteiger charge is 2.30. The molecule has 11 heteroatoms. The number of nitrogens with zero attached hydrogens (tertiary/aromatic N) is 5. The minimum atomic E-state index is -0.806. The van der Waals surface area contributed by atoms with Crippen LogP contribution in [0, 0.1) is 0 Å². The first-order valence-electron chi connectivity index (χ1n) is 10.6. The van der Waals surface area contributed by atoms with Crippen molar-refractivity contribution in [3.05, 3.63) is 10.4 Å². The van der Waals surface area contributed by atoms with Crippen molar-refractivity contribution in [2.45, 2.75) is 78.0 Å². The van der Waals surface area contributed by atoms with Gasteiger partial charge in [0.1, 0.15) is 17.2 Å². The Labute approximate surface area is 184 Å². The smallest absolute Gasteiger partial charge is 0.410 e. The first-order chi connectivity index (χ1) is 14.3. The molecule has 31 heavy (non-hydrogen) atoms. The lowest BCUT2D eigenvalue weighted by Crippen LogP contribution is -2.53. The Bertz CT molecular complexity index is 671. The molecule has 1 aliphatic rings. The van der Waals surface area contributed by atoms with Crippen molar-refractivity contribution >= 4 is 18.1 Å². The number of carbonyl (C=O) groups excluding carboxylic acids is 3. The molecule has 1 heterocycles. The van der Waals surface area contributed by atoms with Gasteiger partial charge in [0.15, 0.2) is 0 Å². The SMILES string of the molecule is CC(C)(C)OC(=O)NCCCCC(N=[N+]=[N-])C(=O)N1CCN(C(=O)OC(C)(C)C)CC1. The zero-order valence-corrected chi connectivity index (χ0v) is 19.5. The first-order valence-corrected chi connectivity index (χ1v) is 10.6. The molecule has 176 valence electrons. The summed E-state index contributed by atoms with van der Waals surface area (Å²) in [5.74, 6) is -0.248. The normalized spacial score (nSPS) is 15.5. The number of carbonyl (C=O) groups is 3. The van der Waals surface area contributed by atoms with E-state index in [1.807, 2.05) is 0 Å². The average Bonchev–Trinajstić information content (AvgIpc) is 2.63. The van der Waals surface area contributed by atoms with Gasteiger partial charge in [-0.2, -0.15) is 0 Å². The summed E-state index contributed by atoms with van der Waals surface area (Å²) >= 11 is 0. The van der Waals surface area contributed by atoms with E-state index in [0.29, 0.717) is 52.0 Å². The molecule has 1 unspecified atom stereocenters. The van der Waals surface area contributed by atoms with Gasteiger partial charge in [0, 0.05) is 37.6 Å². The molecule has 0 radical (unpaired) electrons. The van der Waals surface area contributed by atoms with Crippen LogP contribution < -0.4 is 5.32 Å². The van der Waals surface area contributed by atoms with Gasteiger partial charge in [0.2, 0.25) is 5.91 Å². The van der Waals surface area contributed by atoms with Crippen LogP contribution in [0.1, 0.15) is 60.8 Å². The Hall–Kier alpha value is -2.68. The number of nitrogens with one attached hydrogen (secondary N) is 1. The summed E-state index contributed by atoms with van der Waals surface area (Å²) in [5, 5.41) is 6.31. The van der Waals surface area contributed by atoms with Gasteiger partial charge in [-0.15, -0.1) is 0 Å². The lowest BCUT2D eigenvalue weighted by atomic mass is 10.1. The van der Waals surface area contributed by atoms with Crippen molar-refractivity contribution in [3.8, 4) is 0 Å². The van der Waals surface area contributed by atoms with Crippen molar-refractivity contribution in [1.29, 1.82) is 0 Å². The molecule has 1 fully saturated rings. The molecule has 0 aromatic carbocycles. The van der Waals surface area contributed by atoms with Crippen LogP contribution in [0.15, 0.2) is 5.11 Å². The average molecular weight is 441 g/mol. The summed E-state index contributed by atoms with van der Waals surface area (Å²) in [4.78, 5) is 42.5. The Morgan fingerprint density at radius 2 is 1.52 bits per heavy atom. The number of unbranched alkanes of at least 4 members (excludes halogenated alkanes) is 1. The van der Waals surface area contributed by atoms with E-state index < -0.39 is 29.4 Å². The van der Waals surface area contributed by atoms with Crippen LogP contribution >= 0.6 is 0 Å². The van der Waals surface area contributed by atoms with Crippen LogP contribution in [0.2, 0.25) is 0 Å². The predicted molar refractivity (Wildman–Crippen MR) is 115 cm³/mol. The van der Waals surface area contributed by atoms with E-state index in [-0.39, 0.29) is 5.91 Å². The molecule has 0 spiro atoms. The van der Waals surface area contributed by atoms with Crippen molar-refractivity contribution in [1.82, 2.24) is 15.1 Å². The standard InChI is InChI=1S/C20H36N6O5/c1-19(2,3)30-17(28)22-10-8-7-9-15(23-24-21)16(27)25-11-13-26(14-12-25)18(29)31-20(4,5)6/h15H,7-14H2,1-6H3,(H,22,28). The highest BCUT2D eigenvalue weighted by Crippen LogP contribution is 2.15. The number of alkyl carbamates (subject to hydrolysis) is 1. The number of rotatable bonds is 7. The zero-order valence-electron chi connectivity index (χ0n) is 19.5. The van der Waals surface area contributed by atoms with Gasteiger partial charge in [0.25, 0.3) is 0 Å². The third-order valence-corrected chi connectivity index (χ3v) is 4.29. The largest absolute Gasteiger partial charge is 0.444 e. The van der Waals surface area contributed by atoms with Gasteiger partial charge in [0.05, 0.1) is 0 Å². The van der Waals surface area contributed by atoms with Gasteiger partial charge in [-0.25, -0.2) is 9.59 Å². The van der Waals surface area contributed by atoms with Crippen molar-refractivity contribution in [2.24, 2.45) is 5.11 Å². The summed E-state index contributed by atoms with van der Waals surface area (Å²) in [5.41, 5.74) is 7.70. The lowest BCUT2D eigenvalue weighted by molar-refractivity contribution is -0.134. The maximum atomic E-state index is 12.8. The predicted octanol–water partition coefficient (Wildman–Crippen LogP) is 3.44. The number of hydrogen-bond acceptors (Lipinski definition) is 6. The molecule has 0 aromatic heterocycles. The van der Waals surface area contributed by atoms with E-state index >= 15 is 0 Å². The second-order valence-corrected chi connectivity index (χ2v) is 9.44. The zero-order chi connectivity index (χ0) is 23.7. The van der Waals surface area contributed by atoms with Crippen molar-refractivity contribution < 1.29 is 23.9 Å². The summed E-state index contributed by atoms with van der Waals surface area (Å²) < 4.78 is 10.5. The minimum Gasteiger partial charge on any atom is -0.444 e. The maximum Gasteiger partial charge on any atom is 0.410 e. The molecule has 0 bridgehead atoms. The fourth-order valence-electron chi connectivity index (χ4n) is 2.91. The molecule has 1 aliphatic heterocycles. The topological polar surface area (TPSA) is 137 Å². The number of piperazine rings is 1. The highest BCUT2D eigenvalue weighted by atomic mass is 16.6. The van der Waals surface area contributed by atoms with Gasteiger partial charge >= 0.3 is 12.2 Å². The summed E-state index contributed by atoms with van der Waals surface area (Å²) in [6.07, 6.45) is 0.715. The second kappa shape index (κ2) is 11.6. The van der Waals surface area contributed by atoms with Crippen molar-refractivity contribution in [3.63, 3.8) is 0 Å². The van der Waals surface area contributed by atoms with Crippen LogP contribution in [0.25, 0.3) is 10.4 Å². The minimum absolute atomic E-state index is 0.248. The summed E-state index contributed by atoms with van der Waals surface area (Å²) in [6.45, 7) is 12.6. The van der Waals surface area contributed by atoms with E-state index in [1.54, 1.807) is 51.3 Å². The Balaban J connectivity index is 2.43. The van der Waals surface area contributed by atoms with Gasteiger partial charge in [-0.05, 0) is 59.9 Å². The molecule has 1 rings (SSSR count). The van der Waals surface area contributed by atoms with E-state index in [0.717, 1.165) is 0 Å². The van der Waals surface area contributed by atoms with Crippen molar-refractivity contribution in [2.75, 3.05) is 32.7 Å². The van der Waals surface area contributed by atoms with Gasteiger partial charge in [-0.1, -0.05) is 11.5 Å². The molecule has 1 N–H and O–H groups in total. The number of azide groups is 1. The Morgan fingerprint density at radius 1 is 0.968 bits per heavy atom. The summed E-state index contributed by atoms with van der Waals surface area (Å²) in [7, 11) is 0. The number of ether oxygens (including phenoxy) is 2. The van der Waals surface area contributed by atoms with Crippen LogP contribution in [0.3, 0.4) is 0 Å². The fraction of sp³-hybridized carbons (Fsp3) is 0.850. The number of hydrogen-bond donors (Lipinski definition) is 1. The molecule has 3 amide bonds. The van der Waals surface area contributed by atoms with E-state index in [9.17, 15) is 14.4 Å². The second-order valence-electron chi connectivity index (χ2n) is 9.44. The first kappa shape index (κ1) is 26.4. The van der Waals surface area contributed by atoms with Crippen LogP contribution in [-0.2, 0) is 14.3 Å². The molecule has 11 nitrogen and oxygen atoms in total. The molecule has 0 aliphatic carbocycles. The molecule has 1 saturated heterocycles. The van der Waals surface area contributed by atoms with E-state index in [2.05, 4.69) is 15.3 Å². The quantitative estimate of drug-likeness (QED) is 0.280. The molecule has 1 atom stereocenters. The number of amides is 3. The Morgan fingerprint density at radius 3 is 2.03 bits per heavy atom. The molecular weight excluding hydrogens is 404 g/mol. The third kappa shape index (κ3) is 10.8. The highest BCUT2D eigenvalue weighted by molar-refractivity contribution is 5.82. The molecule has 0 aromatic rings. The van der Waals surface area contributed by atoms with E-state index in [4.69, 9.17) is 15.0 Å². The third-order valence-electron chi connectivity index (χ3n) is 4.29. The van der Waals surface area contributed by atoms with Gasteiger partial charge in [-0.3, -0.25) is 4.79 Å². The van der Waals surface area contributed by atoms with E-state index in [1.165, 1.54) is 0 Å². The van der Waals surface area contributed by atoms with Crippen LogP contribution in [0.5, 0.6) is 0 Å². The maximum absolute atomic E-state index is 12.8. The summed E-state index contributed by atoms with van der Waals surface area (Å²) in [6, 6.07) is -0.806. The van der Waals surface area contributed by atoms with Crippen LogP contribution in [0.4, 0.5) is 9.59 Å². The molecular formula is C20H36N6O5.